The van der Waals surface area contributed by atoms with E-state index in [2.05, 4.69) is 18.0 Å². The van der Waals surface area contributed by atoms with Gasteiger partial charge >= 0.3 is 0 Å². The van der Waals surface area contributed by atoms with E-state index < -0.39 is 0 Å². The Morgan fingerprint density at radius 3 is 2.92 bits per heavy atom. The van der Waals surface area contributed by atoms with Crippen molar-refractivity contribution >= 4 is 23.5 Å². The van der Waals surface area contributed by atoms with Crippen LogP contribution < -0.4 is 0 Å². The second-order valence-electron chi connectivity index (χ2n) is 2.21. The zero-order chi connectivity index (χ0) is 8.65. The Hall–Kier alpha value is -0.150. The van der Waals surface area contributed by atoms with E-state index in [0.717, 1.165) is 10.8 Å². The Labute approximate surface area is 82.4 Å². The van der Waals surface area contributed by atoms with Gasteiger partial charge in [-0.05, 0) is 17.9 Å². The van der Waals surface area contributed by atoms with Gasteiger partial charge in [0.15, 0.2) is 0 Å². The molecule has 1 aromatic rings. The Morgan fingerprint density at radius 2 is 2.25 bits per heavy atom. The molecule has 0 radical (unpaired) electrons. The van der Waals surface area contributed by atoms with E-state index in [0.29, 0.717) is 0 Å². The lowest BCUT2D eigenvalue weighted by Crippen LogP contribution is -1.85. The highest BCUT2D eigenvalue weighted by atomic mass is 32.2. The van der Waals surface area contributed by atoms with Gasteiger partial charge in [-0.15, -0.1) is 11.8 Å². The van der Waals surface area contributed by atoms with Crippen LogP contribution in [0.3, 0.4) is 0 Å². The number of hydrogen-bond donors (Lipinski definition) is 0. The number of aromatic nitrogens is 1. The lowest BCUT2D eigenvalue weighted by atomic mass is 10.5. The smallest absolute Gasteiger partial charge is 0.0960 e. The molecule has 1 nitrogen and oxygen atoms in total. The standard InChI is InChI=1S/C9H13NS2/c1-2-11-7-8-12-9-5-3-4-6-10-9/h3-6H,2,7-8H2,1H3. The molecule has 1 rings (SSSR count). The van der Waals surface area contributed by atoms with E-state index in [1.54, 1.807) is 0 Å². The fourth-order valence-corrected chi connectivity index (χ4v) is 2.39. The highest BCUT2D eigenvalue weighted by molar-refractivity contribution is 8.02. The van der Waals surface area contributed by atoms with Crippen LogP contribution in [0.1, 0.15) is 6.92 Å². The minimum absolute atomic E-state index is 1.13. The zero-order valence-corrected chi connectivity index (χ0v) is 8.83. The van der Waals surface area contributed by atoms with Crippen LogP contribution in [0.25, 0.3) is 0 Å². The van der Waals surface area contributed by atoms with Crippen molar-refractivity contribution in [2.24, 2.45) is 0 Å². The molecule has 1 aromatic heterocycles. The summed E-state index contributed by atoms with van der Waals surface area (Å²) in [5.41, 5.74) is 0. The minimum Gasteiger partial charge on any atom is -0.250 e. The third-order valence-electron chi connectivity index (χ3n) is 1.32. The highest BCUT2D eigenvalue weighted by Gasteiger charge is 1.92. The number of nitrogens with zero attached hydrogens (tertiary/aromatic N) is 1. The third kappa shape index (κ3) is 4.02. The number of pyridine rings is 1. The van der Waals surface area contributed by atoms with Gasteiger partial charge in [0.2, 0.25) is 0 Å². The van der Waals surface area contributed by atoms with Crippen LogP contribution in [0.5, 0.6) is 0 Å². The molecule has 66 valence electrons. The molecule has 0 unspecified atom stereocenters. The van der Waals surface area contributed by atoms with Gasteiger partial charge in [0.05, 0.1) is 5.03 Å². The first-order valence-corrected chi connectivity index (χ1v) is 6.19. The molecule has 0 atom stereocenters. The molecule has 0 aliphatic carbocycles. The molecule has 0 aromatic carbocycles. The number of thioether (sulfide) groups is 2. The fraction of sp³-hybridized carbons (Fsp3) is 0.444. The molecule has 12 heavy (non-hydrogen) atoms. The summed E-state index contributed by atoms with van der Waals surface area (Å²) in [6.07, 6.45) is 1.84. The van der Waals surface area contributed by atoms with Crippen molar-refractivity contribution in [1.29, 1.82) is 0 Å². The quantitative estimate of drug-likeness (QED) is 0.534. The molecule has 0 fully saturated rings. The van der Waals surface area contributed by atoms with Crippen molar-refractivity contribution in [2.45, 2.75) is 11.9 Å². The summed E-state index contributed by atoms with van der Waals surface area (Å²) < 4.78 is 0. The molecule has 0 aliphatic heterocycles. The van der Waals surface area contributed by atoms with Crippen LogP contribution in [-0.2, 0) is 0 Å². The molecular formula is C9H13NS2. The van der Waals surface area contributed by atoms with Crippen molar-refractivity contribution in [1.82, 2.24) is 4.98 Å². The van der Waals surface area contributed by atoms with Gasteiger partial charge < -0.3 is 0 Å². The second-order valence-corrected chi connectivity index (χ2v) is 4.72. The Balaban J connectivity index is 2.16. The molecular weight excluding hydrogens is 186 g/mol. The van der Waals surface area contributed by atoms with E-state index >= 15 is 0 Å². The maximum atomic E-state index is 4.23. The largest absolute Gasteiger partial charge is 0.250 e. The van der Waals surface area contributed by atoms with Crippen molar-refractivity contribution in [3.05, 3.63) is 24.4 Å². The molecule has 1 heterocycles. The summed E-state index contributed by atoms with van der Waals surface area (Å²) >= 11 is 3.81. The summed E-state index contributed by atoms with van der Waals surface area (Å²) in [7, 11) is 0. The second kappa shape index (κ2) is 6.38. The van der Waals surface area contributed by atoms with Crippen LogP contribution in [0.15, 0.2) is 29.4 Å². The summed E-state index contributed by atoms with van der Waals surface area (Å²) in [5.74, 6) is 3.59. The number of hydrogen-bond acceptors (Lipinski definition) is 3. The molecule has 0 amide bonds. The van der Waals surface area contributed by atoms with E-state index in [-0.39, 0.29) is 0 Å². The van der Waals surface area contributed by atoms with Crippen molar-refractivity contribution in [3.8, 4) is 0 Å². The first kappa shape index (κ1) is 9.93. The van der Waals surface area contributed by atoms with Gasteiger partial charge in [-0.2, -0.15) is 11.8 Å². The van der Waals surface area contributed by atoms with Crippen molar-refractivity contribution in [2.75, 3.05) is 17.3 Å². The van der Waals surface area contributed by atoms with Crippen molar-refractivity contribution in [3.63, 3.8) is 0 Å². The topological polar surface area (TPSA) is 12.9 Å². The minimum atomic E-state index is 1.13. The number of rotatable bonds is 5. The van der Waals surface area contributed by atoms with E-state index in [9.17, 15) is 0 Å². The first-order valence-electron chi connectivity index (χ1n) is 4.05. The third-order valence-corrected chi connectivity index (χ3v) is 3.42. The van der Waals surface area contributed by atoms with Crippen LogP contribution in [0.2, 0.25) is 0 Å². The monoisotopic (exact) mass is 199 g/mol. The SMILES string of the molecule is CCSCCSc1ccccn1. The van der Waals surface area contributed by atoms with Crippen LogP contribution in [-0.4, -0.2) is 22.2 Å². The molecule has 0 saturated heterocycles. The van der Waals surface area contributed by atoms with Gasteiger partial charge in [-0.3, -0.25) is 0 Å². The van der Waals surface area contributed by atoms with E-state index in [4.69, 9.17) is 0 Å². The van der Waals surface area contributed by atoms with Gasteiger partial charge in [-0.1, -0.05) is 13.0 Å². The predicted octanol–water partition coefficient (Wildman–Crippen LogP) is 2.93. The maximum absolute atomic E-state index is 4.23. The zero-order valence-electron chi connectivity index (χ0n) is 7.19. The van der Waals surface area contributed by atoms with Crippen LogP contribution in [0, 0.1) is 0 Å². The first-order chi connectivity index (χ1) is 5.93. The lowest BCUT2D eigenvalue weighted by Gasteiger charge is -1.98. The summed E-state index contributed by atoms with van der Waals surface area (Å²) in [5, 5.41) is 1.13. The van der Waals surface area contributed by atoms with Gasteiger partial charge in [0.1, 0.15) is 0 Å². The van der Waals surface area contributed by atoms with Crippen LogP contribution >= 0.6 is 23.5 Å². The average molecular weight is 199 g/mol. The molecule has 0 bridgehead atoms. The highest BCUT2D eigenvalue weighted by Crippen LogP contribution is 2.15. The fourth-order valence-electron chi connectivity index (χ4n) is 0.782. The molecule has 0 N–H and O–H groups in total. The van der Waals surface area contributed by atoms with E-state index in [1.807, 2.05) is 41.9 Å². The Kier molecular flexibility index (Phi) is 5.28. The molecule has 0 saturated carbocycles. The average Bonchev–Trinajstić information content (AvgIpc) is 2.14. The lowest BCUT2D eigenvalue weighted by molar-refractivity contribution is 1.13. The predicted molar refractivity (Wildman–Crippen MR) is 58.0 cm³/mol. The molecule has 3 heteroatoms. The van der Waals surface area contributed by atoms with Crippen LogP contribution in [0.4, 0.5) is 0 Å². The normalized spacial score (nSPS) is 10.1. The summed E-state index contributed by atoms with van der Waals surface area (Å²) in [4.78, 5) is 4.23. The summed E-state index contributed by atoms with van der Waals surface area (Å²) in [6.45, 7) is 2.19. The Morgan fingerprint density at radius 1 is 1.33 bits per heavy atom. The molecule has 0 aliphatic rings. The van der Waals surface area contributed by atoms with Crippen molar-refractivity contribution < 1.29 is 0 Å². The van der Waals surface area contributed by atoms with Gasteiger partial charge in [0.25, 0.3) is 0 Å². The van der Waals surface area contributed by atoms with E-state index in [1.165, 1.54) is 11.5 Å². The van der Waals surface area contributed by atoms with Gasteiger partial charge in [0, 0.05) is 17.7 Å². The molecule has 0 spiro atoms. The maximum Gasteiger partial charge on any atom is 0.0960 e. The summed E-state index contributed by atoms with van der Waals surface area (Å²) in [6, 6.07) is 6.04. The van der Waals surface area contributed by atoms with Gasteiger partial charge in [-0.25, -0.2) is 4.98 Å². The Bertz CT molecular complexity index is 201.